The van der Waals surface area contributed by atoms with E-state index in [9.17, 15) is 4.79 Å². The highest BCUT2D eigenvalue weighted by molar-refractivity contribution is 7.09. The molecule has 1 aliphatic rings. The van der Waals surface area contributed by atoms with Crippen LogP contribution in [-0.4, -0.2) is 26.0 Å². The molecule has 1 heterocycles. The molecule has 0 saturated heterocycles. The lowest BCUT2D eigenvalue weighted by Crippen LogP contribution is -2.45. The van der Waals surface area contributed by atoms with Crippen LogP contribution < -0.4 is 5.32 Å². The SMILES string of the molecule is CC(Nc1ncns1)(C(=O)O)C1CC1. The second kappa shape index (κ2) is 3.20. The Labute approximate surface area is 85.3 Å². The number of nitrogens with one attached hydrogen (secondary N) is 1. The summed E-state index contributed by atoms with van der Waals surface area (Å²) in [5.74, 6) is -0.612. The van der Waals surface area contributed by atoms with Crippen LogP contribution in [0, 0.1) is 5.92 Å². The summed E-state index contributed by atoms with van der Waals surface area (Å²) in [7, 11) is 0. The van der Waals surface area contributed by atoms with Gasteiger partial charge in [0, 0.05) is 11.5 Å². The zero-order valence-corrected chi connectivity index (χ0v) is 8.54. The highest BCUT2D eigenvalue weighted by atomic mass is 32.1. The van der Waals surface area contributed by atoms with Crippen molar-refractivity contribution in [3.8, 4) is 0 Å². The minimum atomic E-state index is -0.889. The largest absolute Gasteiger partial charge is 0.480 e. The lowest BCUT2D eigenvalue weighted by molar-refractivity contribution is -0.142. The number of hydrogen-bond acceptors (Lipinski definition) is 5. The van der Waals surface area contributed by atoms with Crippen molar-refractivity contribution in [3.63, 3.8) is 0 Å². The van der Waals surface area contributed by atoms with Gasteiger partial charge in [-0.25, -0.2) is 9.78 Å². The molecule has 1 aromatic heterocycles. The second-order valence-electron chi connectivity index (χ2n) is 3.65. The van der Waals surface area contributed by atoms with E-state index in [1.54, 1.807) is 6.92 Å². The Kier molecular flexibility index (Phi) is 2.14. The molecule has 0 bridgehead atoms. The molecule has 1 aliphatic carbocycles. The van der Waals surface area contributed by atoms with Gasteiger partial charge in [-0.15, -0.1) is 0 Å². The quantitative estimate of drug-likeness (QED) is 0.786. The van der Waals surface area contributed by atoms with E-state index >= 15 is 0 Å². The van der Waals surface area contributed by atoms with Gasteiger partial charge >= 0.3 is 5.97 Å². The number of rotatable bonds is 4. The van der Waals surface area contributed by atoms with Crippen LogP contribution >= 0.6 is 11.5 Å². The molecule has 1 atom stereocenters. The number of carbonyl (C=O) groups is 1. The molecule has 1 saturated carbocycles. The minimum Gasteiger partial charge on any atom is -0.480 e. The predicted molar refractivity (Wildman–Crippen MR) is 52.3 cm³/mol. The summed E-state index contributed by atoms with van der Waals surface area (Å²) in [6, 6.07) is 0. The fourth-order valence-corrected chi connectivity index (χ4v) is 1.99. The number of carboxylic acids is 1. The van der Waals surface area contributed by atoms with Gasteiger partial charge in [-0.05, 0) is 25.7 Å². The van der Waals surface area contributed by atoms with Crippen molar-refractivity contribution in [1.29, 1.82) is 0 Å². The van der Waals surface area contributed by atoms with Crippen molar-refractivity contribution in [3.05, 3.63) is 6.33 Å². The van der Waals surface area contributed by atoms with E-state index in [0.29, 0.717) is 5.13 Å². The molecular formula is C8H11N3O2S. The molecule has 0 amide bonds. The first-order chi connectivity index (χ1) is 6.63. The van der Waals surface area contributed by atoms with Crippen molar-refractivity contribution in [2.24, 2.45) is 5.92 Å². The summed E-state index contributed by atoms with van der Waals surface area (Å²) < 4.78 is 3.82. The lowest BCUT2D eigenvalue weighted by Gasteiger charge is -2.25. The van der Waals surface area contributed by atoms with Crippen LogP contribution in [0.25, 0.3) is 0 Å². The molecule has 1 fully saturated rings. The molecule has 0 radical (unpaired) electrons. The number of hydrogen-bond donors (Lipinski definition) is 2. The van der Waals surface area contributed by atoms with Gasteiger partial charge in [-0.1, -0.05) is 0 Å². The first-order valence-corrected chi connectivity index (χ1v) is 5.18. The van der Waals surface area contributed by atoms with Crippen molar-refractivity contribution in [1.82, 2.24) is 9.36 Å². The van der Waals surface area contributed by atoms with E-state index < -0.39 is 11.5 Å². The third-order valence-corrected chi connectivity index (χ3v) is 3.15. The van der Waals surface area contributed by atoms with Gasteiger partial charge in [0.05, 0.1) is 0 Å². The number of aliphatic carboxylic acids is 1. The summed E-state index contributed by atoms with van der Waals surface area (Å²) in [5.41, 5.74) is -0.889. The Morgan fingerprint density at radius 3 is 2.93 bits per heavy atom. The smallest absolute Gasteiger partial charge is 0.329 e. The fraction of sp³-hybridized carbons (Fsp3) is 0.625. The van der Waals surface area contributed by atoms with E-state index in [-0.39, 0.29) is 5.92 Å². The third-order valence-electron chi connectivity index (χ3n) is 2.57. The highest BCUT2D eigenvalue weighted by Crippen LogP contribution is 2.41. The van der Waals surface area contributed by atoms with E-state index in [0.717, 1.165) is 12.8 Å². The van der Waals surface area contributed by atoms with Gasteiger partial charge in [0.15, 0.2) is 0 Å². The Bertz CT molecular complexity index is 336. The maximum absolute atomic E-state index is 11.1. The fourth-order valence-electron chi connectivity index (χ4n) is 1.44. The zero-order chi connectivity index (χ0) is 10.2. The molecule has 0 spiro atoms. The van der Waals surface area contributed by atoms with Gasteiger partial charge in [0.25, 0.3) is 0 Å². The summed E-state index contributed by atoms with van der Waals surface area (Å²) in [4.78, 5) is 15.0. The average molecular weight is 213 g/mol. The van der Waals surface area contributed by atoms with Crippen molar-refractivity contribution < 1.29 is 9.90 Å². The van der Waals surface area contributed by atoms with Gasteiger partial charge in [-0.3, -0.25) is 0 Å². The lowest BCUT2D eigenvalue weighted by atomic mass is 9.96. The van der Waals surface area contributed by atoms with Crippen LogP contribution in [0.15, 0.2) is 6.33 Å². The maximum atomic E-state index is 11.1. The first kappa shape index (κ1) is 9.39. The summed E-state index contributed by atoms with van der Waals surface area (Å²) in [5, 5.41) is 12.6. The van der Waals surface area contributed by atoms with Crippen LogP contribution in [0.1, 0.15) is 19.8 Å². The summed E-state index contributed by atoms with van der Waals surface area (Å²) in [6.45, 7) is 1.70. The Balaban J connectivity index is 2.15. The molecular weight excluding hydrogens is 202 g/mol. The van der Waals surface area contributed by atoms with Crippen LogP contribution in [-0.2, 0) is 4.79 Å². The number of carboxylic acid groups (broad SMARTS) is 1. The van der Waals surface area contributed by atoms with Crippen LogP contribution in [0.5, 0.6) is 0 Å². The van der Waals surface area contributed by atoms with Gasteiger partial charge in [-0.2, -0.15) is 4.37 Å². The van der Waals surface area contributed by atoms with E-state index in [1.807, 2.05) is 0 Å². The first-order valence-electron chi connectivity index (χ1n) is 4.41. The standard InChI is InChI=1S/C8H11N3O2S/c1-8(6(12)13,5-2-3-5)11-7-9-4-10-14-7/h4-5H,2-3H2,1H3,(H,12,13)(H,9,10,11). The molecule has 14 heavy (non-hydrogen) atoms. The molecule has 2 rings (SSSR count). The van der Waals surface area contributed by atoms with Crippen molar-refractivity contribution in [2.75, 3.05) is 5.32 Å². The van der Waals surface area contributed by atoms with Crippen molar-refractivity contribution in [2.45, 2.75) is 25.3 Å². The van der Waals surface area contributed by atoms with Gasteiger partial charge in [0.2, 0.25) is 5.13 Å². The third kappa shape index (κ3) is 1.57. The Hall–Kier alpha value is -1.17. The molecule has 0 aromatic carbocycles. The molecule has 5 nitrogen and oxygen atoms in total. The number of nitrogens with zero attached hydrogens (tertiary/aromatic N) is 2. The number of aromatic nitrogens is 2. The van der Waals surface area contributed by atoms with E-state index in [4.69, 9.17) is 5.11 Å². The molecule has 2 N–H and O–H groups in total. The van der Waals surface area contributed by atoms with Gasteiger partial charge in [0.1, 0.15) is 11.9 Å². The number of anilines is 1. The minimum absolute atomic E-state index is 0.212. The molecule has 76 valence electrons. The molecule has 1 aromatic rings. The molecule has 1 unspecified atom stereocenters. The Morgan fingerprint density at radius 1 is 1.79 bits per heavy atom. The topological polar surface area (TPSA) is 75.1 Å². The highest BCUT2D eigenvalue weighted by Gasteiger charge is 2.48. The normalized spacial score (nSPS) is 20.1. The zero-order valence-electron chi connectivity index (χ0n) is 7.73. The second-order valence-corrected chi connectivity index (χ2v) is 4.43. The molecule has 6 heteroatoms. The van der Waals surface area contributed by atoms with Crippen LogP contribution in [0.2, 0.25) is 0 Å². The van der Waals surface area contributed by atoms with Crippen molar-refractivity contribution >= 4 is 22.6 Å². The van der Waals surface area contributed by atoms with E-state index in [2.05, 4.69) is 14.7 Å². The summed E-state index contributed by atoms with van der Waals surface area (Å²) in [6.07, 6.45) is 3.35. The monoisotopic (exact) mass is 213 g/mol. The van der Waals surface area contributed by atoms with Gasteiger partial charge < -0.3 is 10.4 Å². The molecule has 0 aliphatic heterocycles. The van der Waals surface area contributed by atoms with Crippen LogP contribution in [0.4, 0.5) is 5.13 Å². The van der Waals surface area contributed by atoms with E-state index in [1.165, 1.54) is 17.9 Å². The predicted octanol–water partition coefficient (Wildman–Crippen LogP) is 1.20. The Morgan fingerprint density at radius 2 is 2.50 bits per heavy atom. The summed E-state index contributed by atoms with van der Waals surface area (Å²) >= 11 is 1.18. The average Bonchev–Trinajstić information content (AvgIpc) is 2.87. The maximum Gasteiger partial charge on any atom is 0.329 e. The van der Waals surface area contributed by atoms with Crippen LogP contribution in [0.3, 0.4) is 0 Å².